The van der Waals surface area contributed by atoms with Crippen molar-refractivity contribution in [2.75, 3.05) is 0 Å². The largest absolute Gasteiger partial charge is 0.481 e. The van der Waals surface area contributed by atoms with Gasteiger partial charge in [-0.25, -0.2) is 0 Å². The van der Waals surface area contributed by atoms with Gasteiger partial charge in [-0.15, -0.1) is 0 Å². The number of nitrogens with one attached hydrogen (secondary N) is 1. The maximum absolute atomic E-state index is 12.1. The summed E-state index contributed by atoms with van der Waals surface area (Å²) in [5.41, 5.74) is 0.751. The van der Waals surface area contributed by atoms with Crippen molar-refractivity contribution in [1.82, 2.24) is 15.5 Å². The van der Waals surface area contributed by atoms with Gasteiger partial charge in [-0.1, -0.05) is 33.2 Å². The molecule has 0 aliphatic carbocycles. The highest BCUT2D eigenvalue weighted by Crippen LogP contribution is 2.20. The van der Waals surface area contributed by atoms with E-state index in [1.54, 1.807) is 19.1 Å². The number of rotatable bonds is 8. The number of benzene rings is 1. The van der Waals surface area contributed by atoms with Gasteiger partial charge < -0.3 is 14.9 Å². The Bertz CT molecular complexity index is 700. The molecule has 1 aromatic carbocycles. The van der Waals surface area contributed by atoms with Crippen molar-refractivity contribution in [3.63, 3.8) is 0 Å². The predicted octanol–water partition coefficient (Wildman–Crippen LogP) is 2.80. The summed E-state index contributed by atoms with van der Waals surface area (Å²) in [5.74, 6) is -0.119. The summed E-state index contributed by atoms with van der Waals surface area (Å²) in [7, 11) is 0. The molecule has 1 aromatic heterocycles. The third kappa shape index (κ3) is 5.77. The van der Waals surface area contributed by atoms with Gasteiger partial charge in [0.1, 0.15) is 0 Å². The molecule has 128 valence electrons. The van der Waals surface area contributed by atoms with Gasteiger partial charge in [-0.05, 0) is 31.0 Å². The van der Waals surface area contributed by atoms with Gasteiger partial charge in [0.25, 0.3) is 0 Å². The molecule has 1 atom stereocenters. The first-order valence-electron chi connectivity index (χ1n) is 7.50. The van der Waals surface area contributed by atoms with Gasteiger partial charge in [0.15, 0.2) is 5.82 Å². The number of aromatic nitrogens is 2. The normalized spacial score (nSPS) is 11.9. The molecule has 2 rings (SSSR count). The maximum atomic E-state index is 12.1. The Hall–Kier alpha value is -2.22. The summed E-state index contributed by atoms with van der Waals surface area (Å²) in [6, 6.07) is 6.65. The molecule has 0 saturated heterocycles. The van der Waals surface area contributed by atoms with Crippen LogP contribution in [0.1, 0.15) is 42.6 Å². The van der Waals surface area contributed by atoms with E-state index in [0.717, 1.165) is 10.0 Å². The van der Waals surface area contributed by atoms with Crippen LogP contribution < -0.4 is 5.32 Å². The number of nitrogens with zero attached hydrogens (tertiary/aromatic N) is 2. The van der Waals surface area contributed by atoms with Gasteiger partial charge in [0.2, 0.25) is 11.8 Å². The van der Waals surface area contributed by atoms with Crippen molar-refractivity contribution in [1.29, 1.82) is 0 Å². The molecule has 7 nitrogen and oxygen atoms in total. The Labute approximate surface area is 147 Å². The molecule has 2 N–H and O–H groups in total. The molecule has 0 saturated carbocycles. The minimum Gasteiger partial charge on any atom is -0.481 e. The van der Waals surface area contributed by atoms with Crippen molar-refractivity contribution in [2.24, 2.45) is 0 Å². The molecule has 0 aliphatic rings. The molecule has 2 aromatic rings. The van der Waals surface area contributed by atoms with Crippen LogP contribution in [-0.4, -0.2) is 27.1 Å². The lowest BCUT2D eigenvalue weighted by Crippen LogP contribution is -2.30. The second-order valence-electron chi connectivity index (χ2n) is 5.36. The fraction of sp³-hybridized carbons (Fsp3) is 0.375. The molecule has 1 heterocycles. The monoisotopic (exact) mass is 395 g/mol. The van der Waals surface area contributed by atoms with Crippen molar-refractivity contribution >= 4 is 27.8 Å². The number of carboxylic acids is 1. The number of aliphatic carboxylic acids is 1. The summed E-state index contributed by atoms with van der Waals surface area (Å²) in [6.45, 7) is 1.73. The lowest BCUT2D eigenvalue weighted by atomic mass is 10.0. The van der Waals surface area contributed by atoms with Crippen molar-refractivity contribution in [3.05, 3.63) is 46.0 Å². The average Bonchev–Trinajstić information content (AvgIpc) is 2.92. The molecule has 24 heavy (non-hydrogen) atoms. The topological polar surface area (TPSA) is 105 Å². The summed E-state index contributed by atoms with van der Waals surface area (Å²) >= 11 is 3.33. The van der Waals surface area contributed by atoms with E-state index in [0.29, 0.717) is 24.6 Å². The quantitative estimate of drug-likeness (QED) is 0.711. The lowest BCUT2D eigenvalue weighted by molar-refractivity contribution is -0.137. The first-order valence-corrected chi connectivity index (χ1v) is 8.29. The van der Waals surface area contributed by atoms with E-state index >= 15 is 0 Å². The van der Waals surface area contributed by atoms with Crippen LogP contribution >= 0.6 is 15.9 Å². The number of carbonyl (C=O) groups is 2. The molecule has 0 fully saturated rings. The highest BCUT2D eigenvalue weighted by Gasteiger charge is 2.18. The van der Waals surface area contributed by atoms with Crippen LogP contribution in [0.5, 0.6) is 0 Å². The highest BCUT2D eigenvalue weighted by molar-refractivity contribution is 9.10. The molecule has 1 unspecified atom stereocenters. The number of carboxylic acid groups (broad SMARTS) is 1. The predicted molar refractivity (Wildman–Crippen MR) is 89.3 cm³/mol. The molecular weight excluding hydrogens is 378 g/mol. The van der Waals surface area contributed by atoms with Crippen LogP contribution in [-0.2, 0) is 16.0 Å². The maximum Gasteiger partial charge on any atom is 0.305 e. The van der Waals surface area contributed by atoms with E-state index in [9.17, 15) is 9.59 Å². The number of hydrogen-bond acceptors (Lipinski definition) is 5. The molecule has 1 amide bonds. The zero-order chi connectivity index (χ0) is 17.5. The Morgan fingerprint density at radius 3 is 2.62 bits per heavy atom. The van der Waals surface area contributed by atoms with E-state index in [4.69, 9.17) is 9.63 Å². The summed E-state index contributed by atoms with van der Waals surface area (Å²) in [6.07, 6.45) is 1.15. The number of halogens is 1. The van der Waals surface area contributed by atoms with Gasteiger partial charge in [0, 0.05) is 17.3 Å². The Morgan fingerprint density at radius 2 is 2.04 bits per heavy atom. The number of amides is 1. The van der Waals surface area contributed by atoms with Crippen molar-refractivity contribution < 1.29 is 19.2 Å². The Morgan fingerprint density at radius 1 is 1.33 bits per heavy atom. The minimum atomic E-state index is -0.968. The van der Waals surface area contributed by atoms with E-state index in [1.165, 1.54) is 0 Å². The SMILES string of the molecule is Cc1noc(CCCC(=O)NC(CC(=O)O)c2ccc(Br)cc2)n1. The Balaban J connectivity index is 1.89. The standard InChI is InChI=1S/C16H18BrN3O4/c1-10-18-15(24-20-10)4-2-3-14(21)19-13(9-16(22)23)11-5-7-12(17)8-6-11/h5-8,13H,2-4,9H2,1H3,(H,19,21)(H,22,23). The molecule has 0 bridgehead atoms. The summed E-state index contributed by atoms with van der Waals surface area (Å²) < 4.78 is 5.88. The molecule has 8 heteroatoms. The fourth-order valence-electron chi connectivity index (χ4n) is 2.23. The van der Waals surface area contributed by atoms with Crippen LogP contribution in [0.25, 0.3) is 0 Å². The smallest absolute Gasteiger partial charge is 0.305 e. The second-order valence-corrected chi connectivity index (χ2v) is 6.27. The fourth-order valence-corrected chi connectivity index (χ4v) is 2.49. The summed E-state index contributed by atoms with van der Waals surface area (Å²) in [5, 5.41) is 15.5. The van der Waals surface area contributed by atoms with Crippen LogP contribution in [0.3, 0.4) is 0 Å². The van der Waals surface area contributed by atoms with Gasteiger partial charge in [-0.3, -0.25) is 9.59 Å². The number of aryl methyl sites for hydroxylation is 2. The second kappa shape index (κ2) is 8.58. The molecule has 0 aliphatic heterocycles. The van der Waals surface area contributed by atoms with E-state index in [-0.39, 0.29) is 18.7 Å². The third-order valence-corrected chi connectivity index (χ3v) is 3.88. The van der Waals surface area contributed by atoms with Gasteiger partial charge in [-0.2, -0.15) is 4.98 Å². The van der Waals surface area contributed by atoms with E-state index < -0.39 is 12.0 Å². The summed E-state index contributed by atoms with van der Waals surface area (Å²) in [4.78, 5) is 27.2. The van der Waals surface area contributed by atoms with Crippen LogP contribution in [0, 0.1) is 6.92 Å². The Kier molecular flexibility index (Phi) is 6.48. The minimum absolute atomic E-state index is 0.170. The lowest BCUT2D eigenvalue weighted by Gasteiger charge is -2.17. The number of hydrogen-bond donors (Lipinski definition) is 2. The van der Waals surface area contributed by atoms with Gasteiger partial charge in [0.05, 0.1) is 12.5 Å². The highest BCUT2D eigenvalue weighted by atomic mass is 79.9. The van der Waals surface area contributed by atoms with Crippen molar-refractivity contribution in [3.8, 4) is 0 Å². The zero-order valence-electron chi connectivity index (χ0n) is 13.2. The average molecular weight is 396 g/mol. The van der Waals surface area contributed by atoms with Crippen LogP contribution in [0.4, 0.5) is 0 Å². The zero-order valence-corrected chi connectivity index (χ0v) is 14.7. The van der Waals surface area contributed by atoms with E-state index in [1.807, 2.05) is 12.1 Å². The van der Waals surface area contributed by atoms with E-state index in [2.05, 4.69) is 31.4 Å². The molecule has 0 radical (unpaired) electrons. The molecule has 0 spiro atoms. The molecular formula is C16H18BrN3O4. The van der Waals surface area contributed by atoms with Crippen LogP contribution in [0.15, 0.2) is 33.3 Å². The van der Waals surface area contributed by atoms with Crippen molar-refractivity contribution in [2.45, 2.75) is 38.6 Å². The third-order valence-electron chi connectivity index (χ3n) is 3.35. The van der Waals surface area contributed by atoms with Crippen LogP contribution in [0.2, 0.25) is 0 Å². The first kappa shape index (κ1) is 18.1. The first-order chi connectivity index (χ1) is 11.4. The number of carbonyl (C=O) groups excluding carboxylic acids is 1. The van der Waals surface area contributed by atoms with Gasteiger partial charge >= 0.3 is 5.97 Å².